The van der Waals surface area contributed by atoms with Crippen LogP contribution < -0.4 is 0 Å². The molecular formula is C20H30N2O5S2. The third-order valence-electron chi connectivity index (χ3n) is 4.83. The maximum absolute atomic E-state index is 12.2. The number of carbonyl (C=O) groups is 2. The van der Waals surface area contributed by atoms with Crippen molar-refractivity contribution < 1.29 is 24.5 Å². The summed E-state index contributed by atoms with van der Waals surface area (Å²) in [5.74, 6) is -0.450. The molecule has 29 heavy (non-hydrogen) atoms. The van der Waals surface area contributed by atoms with Crippen molar-refractivity contribution in [1.29, 1.82) is 0 Å². The summed E-state index contributed by atoms with van der Waals surface area (Å²) >= 11 is 2.70. The Labute approximate surface area is 180 Å². The van der Waals surface area contributed by atoms with Gasteiger partial charge < -0.3 is 14.9 Å². The van der Waals surface area contributed by atoms with Crippen molar-refractivity contribution in [2.75, 3.05) is 12.3 Å². The number of hydrogen-bond acceptors (Lipinski definition) is 7. The van der Waals surface area contributed by atoms with E-state index < -0.39 is 11.6 Å². The highest BCUT2D eigenvalue weighted by atomic mass is 32.2. The molecular weight excluding hydrogens is 412 g/mol. The minimum absolute atomic E-state index is 0.0403. The van der Waals surface area contributed by atoms with Crippen molar-refractivity contribution in [3.8, 4) is 0 Å². The molecule has 162 valence electrons. The van der Waals surface area contributed by atoms with Gasteiger partial charge in [0, 0.05) is 17.7 Å². The number of rotatable bonds is 12. The van der Waals surface area contributed by atoms with Crippen LogP contribution >= 0.6 is 23.1 Å². The Bertz CT molecular complexity index is 719. The van der Waals surface area contributed by atoms with Crippen LogP contribution in [0, 0.1) is 0 Å². The zero-order valence-electron chi connectivity index (χ0n) is 17.2. The summed E-state index contributed by atoms with van der Waals surface area (Å²) in [6, 6.07) is -0.180. The summed E-state index contributed by atoms with van der Waals surface area (Å²) in [5.41, 5.74) is -0.704. The molecule has 7 nitrogen and oxygen atoms in total. The quantitative estimate of drug-likeness (QED) is 0.281. The average molecular weight is 443 g/mol. The molecule has 3 atom stereocenters. The van der Waals surface area contributed by atoms with Crippen molar-refractivity contribution in [3.63, 3.8) is 0 Å². The molecule has 1 amide bonds. The number of thiazole rings is 1. The molecule has 9 heteroatoms. The fourth-order valence-corrected chi connectivity index (χ4v) is 4.95. The number of nitrogens with zero attached hydrogens (tertiary/aromatic N) is 2. The number of ether oxygens (including phenoxy) is 1. The number of cyclic esters (lactones) is 1. The predicted molar refractivity (Wildman–Crippen MR) is 115 cm³/mol. The third kappa shape index (κ3) is 7.31. The van der Waals surface area contributed by atoms with Crippen LogP contribution in [0.25, 0.3) is 0 Å². The van der Waals surface area contributed by atoms with E-state index in [1.54, 1.807) is 4.90 Å². The summed E-state index contributed by atoms with van der Waals surface area (Å²) < 4.78 is 6.03. The number of unbranched alkanes of at least 4 members (excludes halogenated alkanes) is 2. The highest BCUT2D eigenvalue weighted by Crippen LogP contribution is 2.26. The SMILES string of the molecule is CCCCCC(C)(O)CC=C[C@H]1[C@H](C)OC(=O)N1CCSc1nc(C(=O)O)cs1. The molecule has 2 rings (SSSR count). The van der Waals surface area contributed by atoms with E-state index in [2.05, 4.69) is 11.9 Å². The Hall–Kier alpha value is -1.58. The standard InChI is InChI=1S/C20H30N2O5S2/c1-4-5-6-9-20(3,26)10-7-8-16-14(2)27-19(25)22(16)11-12-28-18-21-15(13-29-18)17(23)24/h7-8,13-14,16,26H,4-6,9-12H2,1-3H3,(H,23,24)/t14-,16-,20?/m0/s1. The molecule has 1 unspecified atom stereocenters. The third-order valence-corrected chi connectivity index (χ3v) is 6.83. The molecule has 0 bridgehead atoms. The fraction of sp³-hybridized carbons (Fsp3) is 0.650. The first kappa shape index (κ1) is 23.7. The molecule has 0 saturated carbocycles. The molecule has 0 radical (unpaired) electrons. The zero-order chi connectivity index (χ0) is 21.4. The number of carbonyl (C=O) groups excluding carboxylic acids is 1. The molecule has 0 aromatic carbocycles. The Morgan fingerprint density at radius 3 is 2.90 bits per heavy atom. The van der Waals surface area contributed by atoms with Gasteiger partial charge in [-0.15, -0.1) is 11.3 Å². The lowest BCUT2D eigenvalue weighted by Gasteiger charge is -2.23. The Morgan fingerprint density at radius 2 is 2.24 bits per heavy atom. The van der Waals surface area contributed by atoms with E-state index in [4.69, 9.17) is 9.84 Å². The second kappa shape index (κ2) is 11.0. The molecule has 1 saturated heterocycles. The van der Waals surface area contributed by atoms with Gasteiger partial charge in [-0.1, -0.05) is 50.1 Å². The Balaban J connectivity index is 1.87. The van der Waals surface area contributed by atoms with E-state index in [9.17, 15) is 14.7 Å². The highest BCUT2D eigenvalue weighted by molar-refractivity contribution is 8.01. The van der Waals surface area contributed by atoms with Gasteiger partial charge in [0.2, 0.25) is 0 Å². The van der Waals surface area contributed by atoms with Crippen LogP contribution in [0.15, 0.2) is 21.9 Å². The number of aromatic carboxylic acids is 1. The normalized spacial score (nSPS) is 21.5. The van der Waals surface area contributed by atoms with Crippen LogP contribution in [0.5, 0.6) is 0 Å². The number of hydrogen-bond donors (Lipinski definition) is 2. The Kier molecular flexibility index (Phi) is 8.98. The van der Waals surface area contributed by atoms with Gasteiger partial charge in [-0.25, -0.2) is 14.6 Å². The summed E-state index contributed by atoms with van der Waals surface area (Å²) in [4.78, 5) is 28.8. The molecule has 1 aromatic rings. The number of thioether (sulfide) groups is 1. The second-order valence-corrected chi connectivity index (χ2v) is 9.71. The average Bonchev–Trinajstić information content (AvgIpc) is 3.21. The van der Waals surface area contributed by atoms with Gasteiger partial charge in [0.15, 0.2) is 10.0 Å². The van der Waals surface area contributed by atoms with Gasteiger partial charge in [0.1, 0.15) is 6.10 Å². The first-order valence-corrected chi connectivity index (χ1v) is 11.8. The molecule has 0 aliphatic carbocycles. The number of carboxylic acids is 1. The van der Waals surface area contributed by atoms with Crippen LogP contribution in [0.4, 0.5) is 4.79 Å². The lowest BCUT2D eigenvalue weighted by molar-refractivity contribution is 0.0511. The van der Waals surface area contributed by atoms with Crippen LogP contribution in [0.2, 0.25) is 0 Å². The number of aromatic nitrogens is 1. The smallest absolute Gasteiger partial charge is 0.410 e. The van der Waals surface area contributed by atoms with Crippen molar-refractivity contribution in [1.82, 2.24) is 9.88 Å². The van der Waals surface area contributed by atoms with Gasteiger partial charge in [-0.2, -0.15) is 0 Å². The van der Waals surface area contributed by atoms with Gasteiger partial charge in [0.25, 0.3) is 0 Å². The predicted octanol–water partition coefficient (Wildman–Crippen LogP) is 4.42. The van der Waals surface area contributed by atoms with Gasteiger partial charge in [0.05, 0.1) is 11.6 Å². The van der Waals surface area contributed by atoms with Crippen LogP contribution in [-0.2, 0) is 4.74 Å². The summed E-state index contributed by atoms with van der Waals surface area (Å²) in [6.07, 6.45) is 7.80. The van der Waals surface area contributed by atoms with Crippen LogP contribution in [0.3, 0.4) is 0 Å². The summed E-state index contributed by atoms with van der Waals surface area (Å²) in [5, 5.41) is 20.9. The Morgan fingerprint density at radius 1 is 1.48 bits per heavy atom. The largest absolute Gasteiger partial charge is 0.476 e. The molecule has 0 spiro atoms. The summed E-state index contributed by atoms with van der Waals surface area (Å²) in [6.45, 7) is 6.32. The second-order valence-electron chi connectivity index (χ2n) is 7.51. The van der Waals surface area contributed by atoms with E-state index in [0.717, 1.165) is 25.7 Å². The minimum atomic E-state index is -1.04. The van der Waals surface area contributed by atoms with Gasteiger partial charge in [-0.3, -0.25) is 4.90 Å². The van der Waals surface area contributed by atoms with Gasteiger partial charge >= 0.3 is 12.1 Å². The van der Waals surface area contributed by atoms with Crippen LogP contribution in [-0.4, -0.2) is 62.2 Å². The number of amides is 1. The van der Waals surface area contributed by atoms with E-state index in [-0.39, 0.29) is 23.9 Å². The van der Waals surface area contributed by atoms with Crippen molar-refractivity contribution in [2.45, 2.75) is 75.0 Å². The first-order valence-electron chi connectivity index (χ1n) is 9.91. The molecule has 1 aliphatic heterocycles. The zero-order valence-corrected chi connectivity index (χ0v) is 18.8. The maximum atomic E-state index is 12.2. The molecule has 2 heterocycles. The number of carboxylic acid groups (broad SMARTS) is 1. The maximum Gasteiger partial charge on any atom is 0.410 e. The highest BCUT2D eigenvalue weighted by Gasteiger charge is 2.37. The minimum Gasteiger partial charge on any atom is -0.476 e. The van der Waals surface area contributed by atoms with Crippen molar-refractivity contribution >= 4 is 35.2 Å². The van der Waals surface area contributed by atoms with E-state index in [1.165, 1.54) is 28.5 Å². The molecule has 1 aliphatic rings. The van der Waals surface area contributed by atoms with Gasteiger partial charge in [-0.05, 0) is 26.7 Å². The van der Waals surface area contributed by atoms with Crippen molar-refractivity contribution in [2.24, 2.45) is 0 Å². The van der Waals surface area contributed by atoms with Crippen molar-refractivity contribution in [3.05, 3.63) is 23.2 Å². The topological polar surface area (TPSA) is 100.0 Å². The summed E-state index contributed by atoms with van der Waals surface area (Å²) in [7, 11) is 0. The lowest BCUT2D eigenvalue weighted by Crippen LogP contribution is -2.36. The molecule has 1 fully saturated rings. The molecule has 2 N–H and O–H groups in total. The van der Waals surface area contributed by atoms with E-state index in [1.807, 2.05) is 26.0 Å². The molecule has 1 aromatic heterocycles. The van der Waals surface area contributed by atoms with Crippen LogP contribution in [0.1, 0.15) is 63.4 Å². The monoisotopic (exact) mass is 442 g/mol. The number of aliphatic hydroxyl groups is 1. The fourth-order valence-electron chi connectivity index (χ4n) is 3.14. The lowest BCUT2D eigenvalue weighted by atomic mass is 9.94. The van der Waals surface area contributed by atoms with E-state index in [0.29, 0.717) is 23.1 Å². The first-order chi connectivity index (χ1) is 13.7. The van der Waals surface area contributed by atoms with E-state index >= 15 is 0 Å².